The Morgan fingerprint density at radius 3 is 1.64 bits per heavy atom. The van der Waals surface area contributed by atoms with Crippen LogP contribution >= 0.6 is 0 Å². The SMILES string of the molecule is NCCN(C(=O)CNC(=O)[C@@H]1CCC(=O)N1)C(=O)CNC(=O)[C@@H]1CCC(=O)N1. The van der Waals surface area contributed by atoms with Crippen molar-refractivity contribution in [3.63, 3.8) is 0 Å². The highest BCUT2D eigenvalue weighted by Crippen LogP contribution is 2.07. The minimum absolute atomic E-state index is 0.0107. The highest BCUT2D eigenvalue weighted by atomic mass is 16.2. The van der Waals surface area contributed by atoms with Crippen molar-refractivity contribution in [2.45, 2.75) is 37.8 Å². The van der Waals surface area contributed by atoms with E-state index in [1.807, 2.05) is 0 Å². The molecule has 2 aliphatic rings. The lowest BCUT2D eigenvalue weighted by atomic mass is 10.2. The fraction of sp³-hybridized carbons (Fsp3) is 0.625. The van der Waals surface area contributed by atoms with E-state index in [1.54, 1.807) is 0 Å². The first-order valence-electron chi connectivity index (χ1n) is 8.99. The summed E-state index contributed by atoms with van der Waals surface area (Å²) in [6, 6.07) is -1.39. The number of carbonyl (C=O) groups excluding carboxylic acids is 6. The quantitative estimate of drug-likeness (QED) is 0.278. The zero-order chi connectivity index (χ0) is 20.7. The second-order valence-electron chi connectivity index (χ2n) is 6.48. The molecule has 0 aromatic rings. The number of carbonyl (C=O) groups is 6. The molecular formula is C16H24N6O6. The maximum Gasteiger partial charge on any atom is 0.248 e. The Hall–Kier alpha value is -3.02. The van der Waals surface area contributed by atoms with Crippen molar-refractivity contribution in [3.05, 3.63) is 0 Å². The minimum Gasteiger partial charge on any atom is -0.345 e. The number of imide groups is 1. The number of amides is 6. The number of hydrogen-bond donors (Lipinski definition) is 5. The summed E-state index contributed by atoms with van der Waals surface area (Å²) in [7, 11) is 0. The van der Waals surface area contributed by atoms with Gasteiger partial charge in [-0.3, -0.25) is 33.7 Å². The molecule has 0 unspecified atom stereocenters. The highest BCUT2D eigenvalue weighted by molar-refractivity contribution is 6.00. The lowest BCUT2D eigenvalue weighted by molar-refractivity contribution is -0.145. The van der Waals surface area contributed by atoms with Crippen LogP contribution in [0.4, 0.5) is 0 Å². The summed E-state index contributed by atoms with van der Waals surface area (Å²) in [5.41, 5.74) is 5.43. The molecule has 0 bridgehead atoms. The van der Waals surface area contributed by atoms with Gasteiger partial charge >= 0.3 is 0 Å². The lowest BCUT2D eigenvalue weighted by Gasteiger charge is -2.21. The summed E-state index contributed by atoms with van der Waals surface area (Å²) < 4.78 is 0. The number of hydrogen-bond acceptors (Lipinski definition) is 7. The molecule has 12 nitrogen and oxygen atoms in total. The third kappa shape index (κ3) is 5.74. The first kappa shape index (κ1) is 21.3. The van der Waals surface area contributed by atoms with E-state index in [4.69, 9.17) is 5.73 Å². The largest absolute Gasteiger partial charge is 0.345 e. The van der Waals surface area contributed by atoms with Gasteiger partial charge in [0.15, 0.2) is 0 Å². The van der Waals surface area contributed by atoms with E-state index < -0.39 is 48.8 Å². The van der Waals surface area contributed by atoms with Crippen molar-refractivity contribution in [1.82, 2.24) is 26.2 Å². The molecular weight excluding hydrogens is 372 g/mol. The van der Waals surface area contributed by atoms with Gasteiger partial charge in [-0.1, -0.05) is 0 Å². The van der Waals surface area contributed by atoms with Crippen LogP contribution < -0.4 is 27.0 Å². The van der Waals surface area contributed by atoms with Crippen molar-refractivity contribution in [3.8, 4) is 0 Å². The Labute approximate surface area is 160 Å². The van der Waals surface area contributed by atoms with Crippen LogP contribution in [0.25, 0.3) is 0 Å². The molecule has 6 N–H and O–H groups in total. The van der Waals surface area contributed by atoms with E-state index in [9.17, 15) is 28.8 Å². The van der Waals surface area contributed by atoms with Gasteiger partial charge < -0.3 is 27.0 Å². The molecule has 2 rings (SSSR count). The molecule has 12 heteroatoms. The van der Waals surface area contributed by atoms with Crippen LogP contribution in [-0.4, -0.2) is 78.6 Å². The molecule has 0 radical (unpaired) electrons. The van der Waals surface area contributed by atoms with Gasteiger partial charge in [-0.2, -0.15) is 0 Å². The van der Waals surface area contributed by atoms with Crippen LogP contribution in [0, 0.1) is 0 Å². The van der Waals surface area contributed by atoms with Crippen LogP contribution in [-0.2, 0) is 28.8 Å². The summed E-state index contributed by atoms with van der Waals surface area (Å²) in [5, 5.41) is 9.71. The van der Waals surface area contributed by atoms with E-state index in [-0.39, 0.29) is 37.7 Å². The Balaban J connectivity index is 1.80. The normalized spacial score (nSPS) is 20.9. The van der Waals surface area contributed by atoms with Crippen LogP contribution in [0.15, 0.2) is 0 Å². The minimum atomic E-state index is -0.695. The van der Waals surface area contributed by atoms with Crippen LogP contribution in [0.2, 0.25) is 0 Å². The molecule has 2 saturated heterocycles. The average Bonchev–Trinajstić information content (AvgIpc) is 3.30. The fourth-order valence-corrected chi connectivity index (χ4v) is 2.90. The first-order chi connectivity index (χ1) is 13.3. The second kappa shape index (κ2) is 9.78. The predicted octanol–water partition coefficient (Wildman–Crippen LogP) is -3.91. The summed E-state index contributed by atoms with van der Waals surface area (Å²) in [4.78, 5) is 71.6. The third-order valence-corrected chi connectivity index (χ3v) is 4.41. The molecule has 154 valence electrons. The molecule has 0 aromatic heterocycles. The van der Waals surface area contributed by atoms with Crippen molar-refractivity contribution in [2.24, 2.45) is 5.73 Å². The van der Waals surface area contributed by atoms with Crippen LogP contribution in [0.3, 0.4) is 0 Å². The van der Waals surface area contributed by atoms with Gasteiger partial charge in [0.1, 0.15) is 12.1 Å². The molecule has 6 amide bonds. The molecule has 2 fully saturated rings. The molecule has 0 aromatic carbocycles. The molecule has 28 heavy (non-hydrogen) atoms. The Kier molecular flexibility index (Phi) is 7.44. The van der Waals surface area contributed by atoms with E-state index >= 15 is 0 Å². The third-order valence-electron chi connectivity index (χ3n) is 4.41. The zero-order valence-electron chi connectivity index (χ0n) is 15.3. The molecule has 0 saturated carbocycles. The maximum absolute atomic E-state index is 12.3. The van der Waals surface area contributed by atoms with Crippen molar-refractivity contribution >= 4 is 35.4 Å². The van der Waals surface area contributed by atoms with Crippen LogP contribution in [0.1, 0.15) is 25.7 Å². The Morgan fingerprint density at radius 2 is 1.32 bits per heavy atom. The first-order valence-corrected chi connectivity index (χ1v) is 8.99. The van der Waals surface area contributed by atoms with E-state index in [0.717, 1.165) is 4.90 Å². The van der Waals surface area contributed by atoms with Gasteiger partial charge in [-0.05, 0) is 12.8 Å². The van der Waals surface area contributed by atoms with Crippen molar-refractivity contribution < 1.29 is 28.8 Å². The number of nitrogens with one attached hydrogen (secondary N) is 4. The number of nitrogens with two attached hydrogens (primary N) is 1. The molecule has 2 aliphatic heterocycles. The van der Waals surface area contributed by atoms with E-state index in [2.05, 4.69) is 21.3 Å². The topological polar surface area (TPSA) is 180 Å². The molecule has 2 atom stereocenters. The molecule has 2 heterocycles. The summed E-state index contributed by atoms with van der Waals surface area (Å²) in [6.07, 6.45) is 1.16. The number of nitrogens with zero attached hydrogens (tertiary/aromatic N) is 1. The van der Waals surface area contributed by atoms with Gasteiger partial charge in [0.25, 0.3) is 0 Å². The Morgan fingerprint density at radius 1 is 0.893 bits per heavy atom. The van der Waals surface area contributed by atoms with Gasteiger partial charge in [0.2, 0.25) is 35.4 Å². The fourth-order valence-electron chi connectivity index (χ4n) is 2.90. The van der Waals surface area contributed by atoms with E-state index in [0.29, 0.717) is 12.8 Å². The van der Waals surface area contributed by atoms with Gasteiger partial charge in [-0.25, -0.2) is 0 Å². The molecule has 0 aliphatic carbocycles. The maximum atomic E-state index is 12.3. The van der Waals surface area contributed by atoms with Crippen molar-refractivity contribution in [2.75, 3.05) is 26.2 Å². The van der Waals surface area contributed by atoms with Gasteiger partial charge in [-0.15, -0.1) is 0 Å². The summed E-state index contributed by atoms with van der Waals surface area (Å²) in [5.74, 6) is -2.86. The smallest absolute Gasteiger partial charge is 0.248 e. The van der Waals surface area contributed by atoms with Gasteiger partial charge in [0, 0.05) is 25.9 Å². The summed E-state index contributed by atoms with van der Waals surface area (Å²) in [6.45, 7) is -0.951. The zero-order valence-corrected chi connectivity index (χ0v) is 15.3. The average molecular weight is 396 g/mol. The van der Waals surface area contributed by atoms with Crippen molar-refractivity contribution in [1.29, 1.82) is 0 Å². The predicted molar refractivity (Wildman–Crippen MR) is 94.1 cm³/mol. The number of rotatable bonds is 8. The lowest BCUT2D eigenvalue weighted by Crippen LogP contribution is -2.52. The second-order valence-corrected chi connectivity index (χ2v) is 6.48. The Bertz CT molecular complexity index is 627. The summed E-state index contributed by atoms with van der Waals surface area (Å²) >= 11 is 0. The molecule has 0 spiro atoms. The van der Waals surface area contributed by atoms with Gasteiger partial charge in [0.05, 0.1) is 13.1 Å². The standard InChI is InChI=1S/C16H24N6O6/c17-5-6-22(13(25)7-18-15(27)9-1-3-11(23)20-9)14(26)8-19-16(28)10-2-4-12(24)21-10/h9-10H,1-8,17H2,(H,18,27)(H,19,28)(H,20,23)(H,21,24)/t9-,10-/m0/s1. The monoisotopic (exact) mass is 396 g/mol. The van der Waals surface area contributed by atoms with Crippen LogP contribution in [0.5, 0.6) is 0 Å². The van der Waals surface area contributed by atoms with E-state index in [1.165, 1.54) is 0 Å². The highest BCUT2D eigenvalue weighted by Gasteiger charge is 2.30.